The first-order valence-corrected chi connectivity index (χ1v) is 11.6. The standard InChI is InChI=1S/C20H27N3O6S/c1-14-8-10-16(11-9-14)30(27,28)23-12-4-7-17(23)19(25)29-13-18(24)22-20(26)21-15-5-2-3-6-15/h8-11,15,17H,2-7,12-13H2,1H3,(H2,21,22,24,26)/t17-/m0/s1. The topological polar surface area (TPSA) is 122 Å². The first-order chi connectivity index (χ1) is 14.3. The summed E-state index contributed by atoms with van der Waals surface area (Å²) in [5, 5.41) is 4.83. The molecule has 0 unspecified atom stereocenters. The van der Waals surface area contributed by atoms with Crippen LogP contribution in [0.5, 0.6) is 0 Å². The summed E-state index contributed by atoms with van der Waals surface area (Å²) in [6, 6.07) is 4.83. The fraction of sp³-hybridized carbons (Fsp3) is 0.550. The Kier molecular flexibility index (Phi) is 7.09. The third kappa shape index (κ3) is 5.37. The number of urea groups is 1. The predicted molar refractivity (Wildman–Crippen MR) is 108 cm³/mol. The Bertz CT molecular complexity index is 894. The van der Waals surface area contributed by atoms with Gasteiger partial charge in [-0.25, -0.2) is 13.2 Å². The van der Waals surface area contributed by atoms with Gasteiger partial charge in [-0.2, -0.15) is 4.31 Å². The molecular formula is C20H27N3O6S. The summed E-state index contributed by atoms with van der Waals surface area (Å²) < 4.78 is 31.9. The highest BCUT2D eigenvalue weighted by atomic mass is 32.2. The number of imide groups is 1. The molecule has 1 saturated carbocycles. The number of benzene rings is 1. The van der Waals surface area contributed by atoms with E-state index in [1.54, 1.807) is 12.1 Å². The Morgan fingerprint density at radius 1 is 1.07 bits per heavy atom. The van der Waals surface area contributed by atoms with Gasteiger partial charge in [0.2, 0.25) is 10.0 Å². The zero-order valence-electron chi connectivity index (χ0n) is 16.9. The van der Waals surface area contributed by atoms with E-state index in [0.717, 1.165) is 35.6 Å². The van der Waals surface area contributed by atoms with E-state index in [-0.39, 0.29) is 17.5 Å². The molecule has 30 heavy (non-hydrogen) atoms. The minimum Gasteiger partial charge on any atom is -0.454 e. The number of hydrogen-bond acceptors (Lipinski definition) is 6. The second-order valence-corrected chi connectivity index (χ2v) is 9.59. The second kappa shape index (κ2) is 9.57. The SMILES string of the molecule is Cc1ccc(S(=O)(=O)N2CCC[C@H]2C(=O)OCC(=O)NC(=O)NC2CCCC2)cc1. The zero-order valence-corrected chi connectivity index (χ0v) is 17.7. The molecule has 0 spiro atoms. The van der Waals surface area contributed by atoms with Crippen molar-refractivity contribution in [2.24, 2.45) is 0 Å². The van der Waals surface area contributed by atoms with Gasteiger partial charge in [-0.1, -0.05) is 30.5 Å². The van der Waals surface area contributed by atoms with Crippen LogP contribution in [0.15, 0.2) is 29.2 Å². The lowest BCUT2D eigenvalue weighted by molar-refractivity contribution is -0.151. The summed E-state index contributed by atoms with van der Waals surface area (Å²) >= 11 is 0. The number of carbonyl (C=O) groups is 3. The predicted octanol–water partition coefficient (Wildman–Crippen LogP) is 1.46. The number of aryl methyl sites for hydroxylation is 1. The van der Waals surface area contributed by atoms with Gasteiger partial charge in [-0.15, -0.1) is 0 Å². The molecule has 1 aliphatic carbocycles. The first-order valence-electron chi connectivity index (χ1n) is 10.1. The van der Waals surface area contributed by atoms with Gasteiger partial charge in [0.15, 0.2) is 6.61 Å². The number of carbonyl (C=O) groups excluding carboxylic acids is 3. The molecule has 1 heterocycles. The molecule has 1 aliphatic heterocycles. The number of nitrogens with zero attached hydrogens (tertiary/aromatic N) is 1. The van der Waals surface area contributed by atoms with Crippen LogP contribution in [-0.2, 0) is 24.3 Å². The maximum Gasteiger partial charge on any atom is 0.324 e. The summed E-state index contributed by atoms with van der Waals surface area (Å²) in [6.07, 6.45) is 4.67. The van der Waals surface area contributed by atoms with Crippen LogP contribution in [-0.4, -0.2) is 55.9 Å². The quantitative estimate of drug-likeness (QED) is 0.650. The molecule has 3 rings (SSSR count). The number of nitrogens with one attached hydrogen (secondary N) is 2. The first kappa shape index (κ1) is 22.2. The van der Waals surface area contributed by atoms with Gasteiger partial charge in [0.1, 0.15) is 6.04 Å². The Balaban J connectivity index is 1.53. The third-order valence-electron chi connectivity index (χ3n) is 5.39. The van der Waals surface area contributed by atoms with Crippen molar-refractivity contribution in [3.05, 3.63) is 29.8 Å². The Labute approximate surface area is 176 Å². The molecule has 3 amide bonds. The van der Waals surface area contributed by atoms with Crippen LogP contribution in [0.2, 0.25) is 0 Å². The zero-order chi connectivity index (χ0) is 21.7. The number of hydrogen-bond donors (Lipinski definition) is 2. The van der Waals surface area contributed by atoms with Gasteiger partial charge in [0, 0.05) is 12.6 Å². The molecule has 0 radical (unpaired) electrons. The lowest BCUT2D eigenvalue weighted by atomic mass is 10.2. The molecule has 2 N–H and O–H groups in total. The molecule has 1 aromatic rings. The average molecular weight is 438 g/mol. The molecule has 2 fully saturated rings. The molecule has 10 heteroatoms. The molecule has 1 atom stereocenters. The van der Waals surface area contributed by atoms with Crippen LogP contribution in [0.4, 0.5) is 4.79 Å². The van der Waals surface area contributed by atoms with E-state index in [0.29, 0.717) is 12.8 Å². The van der Waals surface area contributed by atoms with E-state index >= 15 is 0 Å². The van der Waals surface area contributed by atoms with Gasteiger partial charge in [0.25, 0.3) is 5.91 Å². The molecule has 0 bridgehead atoms. The van der Waals surface area contributed by atoms with Gasteiger partial charge < -0.3 is 10.1 Å². The molecule has 1 saturated heterocycles. The van der Waals surface area contributed by atoms with E-state index < -0.39 is 40.6 Å². The largest absolute Gasteiger partial charge is 0.454 e. The molecule has 164 valence electrons. The highest BCUT2D eigenvalue weighted by Gasteiger charge is 2.40. The van der Waals surface area contributed by atoms with E-state index in [2.05, 4.69) is 10.6 Å². The lowest BCUT2D eigenvalue weighted by Gasteiger charge is -2.22. The number of esters is 1. The van der Waals surface area contributed by atoms with Crippen molar-refractivity contribution >= 4 is 27.9 Å². The van der Waals surface area contributed by atoms with E-state index in [1.807, 2.05) is 6.92 Å². The van der Waals surface area contributed by atoms with Gasteiger partial charge >= 0.3 is 12.0 Å². The Morgan fingerprint density at radius 2 is 1.73 bits per heavy atom. The number of amides is 3. The molecule has 2 aliphatic rings. The number of sulfonamides is 1. The molecule has 9 nitrogen and oxygen atoms in total. The fourth-order valence-electron chi connectivity index (χ4n) is 3.80. The normalized spacial score (nSPS) is 20.1. The summed E-state index contributed by atoms with van der Waals surface area (Å²) in [6.45, 7) is 1.41. The fourth-order valence-corrected chi connectivity index (χ4v) is 5.44. The van der Waals surface area contributed by atoms with Crippen molar-refractivity contribution in [2.75, 3.05) is 13.2 Å². The van der Waals surface area contributed by atoms with E-state index in [1.165, 1.54) is 12.1 Å². The van der Waals surface area contributed by atoms with Crippen molar-refractivity contribution in [3.8, 4) is 0 Å². The van der Waals surface area contributed by atoms with Gasteiger partial charge in [-0.05, 0) is 44.7 Å². The van der Waals surface area contributed by atoms with Crippen molar-refractivity contribution in [1.29, 1.82) is 0 Å². The Morgan fingerprint density at radius 3 is 2.40 bits per heavy atom. The lowest BCUT2D eigenvalue weighted by Crippen LogP contribution is -2.46. The van der Waals surface area contributed by atoms with E-state index in [4.69, 9.17) is 4.74 Å². The second-order valence-electron chi connectivity index (χ2n) is 7.70. The number of ether oxygens (including phenoxy) is 1. The highest BCUT2D eigenvalue weighted by Crippen LogP contribution is 2.27. The van der Waals surface area contributed by atoms with Crippen molar-refractivity contribution in [1.82, 2.24) is 14.9 Å². The monoisotopic (exact) mass is 437 g/mol. The molecular weight excluding hydrogens is 410 g/mol. The van der Waals surface area contributed by atoms with Crippen molar-refractivity contribution in [3.63, 3.8) is 0 Å². The average Bonchev–Trinajstić information content (AvgIpc) is 3.38. The summed E-state index contributed by atoms with van der Waals surface area (Å²) in [4.78, 5) is 36.3. The maximum absolute atomic E-state index is 12.9. The maximum atomic E-state index is 12.9. The molecule has 0 aromatic heterocycles. The van der Waals surface area contributed by atoms with Gasteiger partial charge in [-0.3, -0.25) is 14.9 Å². The summed E-state index contributed by atoms with van der Waals surface area (Å²) in [7, 11) is -3.85. The van der Waals surface area contributed by atoms with Crippen LogP contribution < -0.4 is 10.6 Å². The smallest absolute Gasteiger partial charge is 0.324 e. The summed E-state index contributed by atoms with van der Waals surface area (Å²) in [5.74, 6) is -1.56. The van der Waals surface area contributed by atoms with Crippen LogP contribution in [0.1, 0.15) is 44.1 Å². The minimum atomic E-state index is -3.85. The van der Waals surface area contributed by atoms with Crippen LogP contribution in [0.25, 0.3) is 0 Å². The third-order valence-corrected chi connectivity index (χ3v) is 7.31. The number of rotatable bonds is 6. The molecule has 1 aromatic carbocycles. The van der Waals surface area contributed by atoms with Gasteiger partial charge in [0.05, 0.1) is 4.90 Å². The highest BCUT2D eigenvalue weighted by molar-refractivity contribution is 7.89. The van der Waals surface area contributed by atoms with Crippen LogP contribution in [0.3, 0.4) is 0 Å². The van der Waals surface area contributed by atoms with Crippen LogP contribution in [0, 0.1) is 6.92 Å². The summed E-state index contributed by atoms with van der Waals surface area (Å²) in [5.41, 5.74) is 0.925. The Hall–Kier alpha value is -2.46. The van der Waals surface area contributed by atoms with Crippen LogP contribution >= 0.6 is 0 Å². The van der Waals surface area contributed by atoms with Crippen molar-refractivity contribution < 1.29 is 27.5 Å². The minimum absolute atomic E-state index is 0.0550. The van der Waals surface area contributed by atoms with Crippen molar-refractivity contribution in [2.45, 2.75) is 62.4 Å². The van der Waals surface area contributed by atoms with E-state index in [9.17, 15) is 22.8 Å².